The molecule has 1 unspecified atom stereocenters. The monoisotopic (exact) mass is 433 g/mol. The molecule has 4 rings (SSSR count). The van der Waals surface area contributed by atoms with Crippen molar-refractivity contribution < 1.29 is 13.6 Å². The first-order valence-electron chi connectivity index (χ1n) is 10.3. The summed E-state index contributed by atoms with van der Waals surface area (Å²) in [4.78, 5) is 27.4. The Morgan fingerprint density at radius 1 is 1.16 bits per heavy atom. The average molecular weight is 433 g/mol. The van der Waals surface area contributed by atoms with Crippen LogP contribution >= 0.6 is 0 Å². The smallest absolute Gasteiger partial charge is 0.256 e. The number of likely N-dealkylation sites (tertiary alicyclic amines) is 1. The van der Waals surface area contributed by atoms with E-state index < -0.39 is 23.0 Å². The largest absolute Gasteiger partial charge is 0.338 e. The lowest BCUT2D eigenvalue weighted by molar-refractivity contribution is 0.0622. The van der Waals surface area contributed by atoms with Crippen LogP contribution in [0.2, 0.25) is 0 Å². The van der Waals surface area contributed by atoms with Gasteiger partial charge in [0.15, 0.2) is 0 Å². The van der Waals surface area contributed by atoms with E-state index in [0.29, 0.717) is 48.4 Å². The first kappa shape index (κ1) is 21.5. The predicted octanol–water partition coefficient (Wildman–Crippen LogP) is 4.37. The Balaban J connectivity index is 1.55. The van der Waals surface area contributed by atoms with E-state index >= 15 is 0 Å². The Kier molecular flexibility index (Phi) is 5.91. The highest BCUT2D eigenvalue weighted by Gasteiger charge is 2.42. The second kappa shape index (κ2) is 8.79. The van der Waals surface area contributed by atoms with Gasteiger partial charge in [-0.3, -0.25) is 9.78 Å². The molecule has 0 saturated carbocycles. The van der Waals surface area contributed by atoms with Crippen LogP contribution in [0.15, 0.2) is 55.1 Å². The average Bonchev–Trinajstić information content (AvgIpc) is 2.84. The van der Waals surface area contributed by atoms with E-state index in [1.165, 1.54) is 18.5 Å². The number of nitriles is 1. The molecule has 8 heteroatoms. The van der Waals surface area contributed by atoms with E-state index in [1.54, 1.807) is 42.4 Å². The van der Waals surface area contributed by atoms with Crippen LogP contribution in [0.3, 0.4) is 0 Å². The van der Waals surface area contributed by atoms with Gasteiger partial charge in [-0.25, -0.2) is 18.7 Å². The Morgan fingerprint density at radius 2 is 1.94 bits per heavy atom. The first-order chi connectivity index (χ1) is 15.4. The summed E-state index contributed by atoms with van der Waals surface area (Å²) < 4.78 is 27.7. The van der Waals surface area contributed by atoms with Gasteiger partial charge in [0.05, 0.1) is 22.7 Å². The number of pyridine rings is 1. The van der Waals surface area contributed by atoms with Crippen LogP contribution in [0.1, 0.15) is 41.6 Å². The molecule has 1 saturated heterocycles. The minimum atomic E-state index is -0.847. The van der Waals surface area contributed by atoms with Gasteiger partial charge in [-0.15, -0.1) is 0 Å². The zero-order chi connectivity index (χ0) is 22.7. The molecule has 3 heterocycles. The molecule has 0 bridgehead atoms. The fraction of sp³-hybridized carbons (Fsp3) is 0.292. The summed E-state index contributed by atoms with van der Waals surface area (Å²) in [6.45, 7) is 2.47. The van der Waals surface area contributed by atoms with E-state index in [1.807, 2.05) is 0 Å². The predicted molar refractivity (Wildman–Crippen MR) is 113 cm³/mol. The van der Waals surface area contributed by atoms with Gasteiger partial charge in [-0.1, -0.05) is 13.0 Å². The van der Waals surface area contributed by atoms with Gasteiger partial charge in [0.1, 0.15) is 23.7 Å². The Bertz CT molecular complexity index is 1170. The minimum absolute atomic E-state index is 0.195. The maximum atomic E-state index is 14.4. The zero-order valence-electron chi connectivity index (χ0n) is 17.5. The molecule has 1 fully saturated rings. The number of nitrogens with zero attached hydrogens (tertiary/aromatic N) is 5. The van der Waals surface area contributed by atoms with Crippen LogP contribution in [0.4, 0.5) is 8.78 Å². The van der Waals surface area contributed by atoms with Crippen molar-refractivity contribution >= 4 is 5.91 Å². The molecule has 1 atom stereocenters. The number of hydrogen-bond donors (Lipinski definition) is 0. The number of benzene rings is 1. The summed E-state index contributed by atoms with van der Waals surface area (Å²) in [5.74, 6) is -1.95. The van der Waals surface area contributed by atoms with E-state index in [4.69, 9.17) is 0 Å². The normalized spacial score (nSPS) is 16.2. The number of amides is 1. The topological polar surface area (TPSA) is 82.8 Å². The lowest BCUT2D eigenvalue weighted by Gasteiger charge is -2.41. The van der Waals surface area contributed by atoms with Gasteiger partial charge >= 0.3 is 0 Å². The maximum Gasteiger partial charge on any atom is 0.256 e. The summed E-state index contributed by atoms with van der Waals surface area (Å²) >= 11 is 0. The molecule has 1 amide bonds. The molecule has 0 radical (unpaired) electrons. The molecule has 0 spiro atoms. The molecule has 0 N–H and O–H groups in total. The summed E-state index contributed by atoms with van der Waals surface area (Å²) in [5, 5.41) is 9.98. The van der Waals surface area contributed by atoms with Crippen molar-refractivity contribution in [3.8, 4) is 17.5 Å². The lowest BCUT2D eigenvalue weighted by Crippen LogP contribution is -2.44. The molecule has 32 heavy (non-hydrogen) atoms. The van der Waals surface area contributed by atoms with Gasteiger partial charge in [0.25, 0.3) is 5.91 Å². The Labute approximate surface area is 184 Å². The van der Waals surface area contributed by atoms with Crippen LogP contribution in [-0.2, 0) is 0 Å². The standard InChI is InChI=1S/C24H21F2N5O/c1-16(18-5-4-17(25)13-20(18)26)24(14-27)7-11-31(12-8-24)23(32)19-3-2-9-29-22(19)21-6-10-28-15-30-21/h2-6,9-10,13,15-16H,7-8,11-12H2,1H3. The third-order valence-electron chi connectivity index (χ3n) is 6.29. The molecule has 162 valence electrons. The summed E-state index contributed by atoms with van der Waals surface area (Å²) in [6, 6.07) is 10.9. The summed E-state index contributed by atoms with van der Waals surface area (Å²) in [5.41, 5.74) is 0.908. The number of halogens is 2. The SMILES string of the molecule is CC(c1ccc(F)cc1F)C1(C#N)CCN(C(=O)c2cccnc2-c2ccncn2)CC1. The van der Waals surface area contributed by atoms with E-state index in [9.17, 15) is 18.8 Å². The van der Waals surface area contributed by atoms with Crippen molar-refractivity contribution in [3.05, 3.63) is 77.9 Å². The van der Waals surface area contributed by atoms with Crippen LogP contribution in [0, 0.1) is 28.4 Å². The van der Waals surface area contributed by atoms with Crippen LogP contribution in [0.5, 0.6) is 0 Å². The van der Waals surface area contributed by atoms with Gasteiger partial charge in [-0.05, 0) is 42.7 Å². The number of carbonyl (C=O) groups is 1. The van der Waals surface area contributed by atoms with E-state index in [-0.39, 0.29) is 5.91 Å². The number of hydrogen-bond acceptors (Lipinski definition) is 5. The summed E-state index contributed by atoms with van der Waals surface area (Å²) in [7, 11) is 0. The van der Waals surface area contributed by atoms with Crippen molar-refractivity contribution in [1.29, 1.82) is 5.26 Å². The third-order valence-corrected chi connectivity index (χ3v) is 6.29. The number of aromatic nitrogens is 3. The van der Waals surface area contributed by atoms with Crippen molar-refractivity contribution in [3.63, 3.8) is 0 Å². The second-order valence-corrected chi connectivity index (χ2v) is 7.94. The molecule has 1 aromatic carbocycles. The number of piperidine rings is 1. The number of rotatable bonds is 4. The highest BCUT2D eigenvalue weighted by molar-refractivity contribution is 5.99. The molecule has 0 aliphatic carbocycles. The second-order valence-electron chi connectivity index (χ2n) is 7.94. The molecular weight excluding hydrogens is 412 g/mol. The van der Waals surface area contributed by atoms with Crippen molar-refractivity contribution in [2.45, 2.75) is 25.7 Å². The molecule has 2 aromatic heterocycles. The Morgan fingerprint density at radius 3 is 2.59 bits per heavy atom. The highest BCUT2D eigenvalue weighted by Crippen LogP contribution is 2.44. The van der Waals surface area contributed by atoms with Gasteiger partial charge < -0.3 is 4.90 Å². The van der Waals surface area contributed by atoms with E-state index in [0.717, 1.165) is 6.07 Å². The Hall–Kier alpha value is -3.73. The molecule has 3 aromatic rings. The molecular formula is C24H21F2N5O. The fourth-order valence-electron chi connectivity index (χ4n) is 4.28. The lowest BCUT2D eigenvalue weighted by atomic mass is 9.68. The van der Waals surface area contributed by atoms with Gasteiger partial charge in [-0.2, -0.15) is 5.26 Å². The third kappa shape index (κ3) is 3.94. The number of carbonyl (C=O) groups excluding carboxylic acids is 1. The summed E-state index contributed by atoms with van der Waals surface area (Å²) in [6.07, 6.45) is 5.36. The molecule has 1 aliphatic rings. The van der Waals surface area contributed by atoms with Crippen LogP contribution < -0.4 is 0 Å². The fourth-order valence-corrected chi connectivity index (χ4v) is 4.28. The zero-order valence-corrected chi connectivity index (χ0v) is 17.5. The van der Waals surface area contributed by atoms with Crippen molar-refractivity contribution in [2.24, 2.45) is 5.41 Å². The van der Waals surface area contributed by atoms with Crippen LogP contribution in [-0.4, -0.2) is 38.8 Å². The van der Waals surface area contributed by atoms with Crippen LogP contribution in [0.25, 0.3) is 11.4 Å². The van der Waals surface area contributed by atoms with Gasteiger partial charge in [0.2, 0.25) is 0 Å². The van der Waals surface area contributed by atoms with Gasteiger partial charge in [0, 0.05) is 37.5 Å². The minimum Gasteiger partial charge on any atom is -0.338 e. The van der Waals surface area contributed by atoms with E-state index in [2.05, 4.69) is 21.0 Å². The molecule has 1 aliphatic heterocycles. The maximum absolute atomic E-state index is 14.4. The molecule has 6 nitrogen and oxygen atoms in total. The van der Waals surface area contributed by atoms with Crippen molar-refractivity contribution in [1.82, 2.24) is 19.9 Å². The highest BCUT2D eigenvalue weighted by atomic mass is 19.1. The quantitative estimate of drug-likeness (QED) is 0.610. The van der Waals surface area contributed by atoms with Crippen molar-refractivity contribution in [2.75, 3.05) is 13.1 Å². The first-order valence-corrected chi connectivity index (χ1v) is 10.3.